The van der Waals surface area contributed by atoms with Gasteiger partial charge in [0.25, 0.3) is 0 Å². The summed E-state index contributed by atoms with van der Waals surface area (Å²) in [6, 6.07) is 41.2. The number of hydrogen-bond acceptors (Lipinski definition) is 5. The second kappa shape index (κ2) is 20.0. The Balaban J connectivity index is 0.000000230. The SMILES string of the molecule is CN(CCCl)CCOC(c1ccccc1)c1ccccc1.CN(CCO)CCOC(c1ccccc1)c1ccccc1. The van der Waals surface area contributed by atoms with E-state index in [1.165, 1.54) is 11.1 Å². The first-order valence-electron chi connectivity index (χ1n) is 14.6. The monoisotopic (exact) mass is 588 g/mol. The number of likely N-dealkylation sites (N-methyl/N-ethyl adjacent to an activating group) is 2. The summed E-state index contributed by atoms with van der Waals surface area (Å²) in [7, 11) is 4.05. The predicted octanol–water partition coefficient (Wildman–Crippen LogP) is 6.68. The molecule has 0 bridgehead atoms. The fourth-order valence-corrected chi connectivity index (χ4v) is 4.76. The van der Waals surface area contributed by atoms with Crippen LogP contribution in [-0.2, 0) is 9.47 Å². The first-order chi connectivity index (χ1) is 20.6. The van der Waals surface area contributed by atoms with Crippen molar-refractivity contribution in [1.82, 2.24) is 9.80 Å². The highest BCUT2D eigenvalue weighted by Gasteiger charge is 2.15. The van der Waals surface area contributed by atoms with Crippen LogP contribution in [0.4, 0.5) is 0 Å². The van der Waals surface area contributed by atoms with Crippen LogP contribution in [-0.4, -0.2) is 80.9 Å². The van der Waals surface area contributed by atoms with Gasteiger partial charge in [0, 0.05) is 32.1 Å². The highest BCUT2D eigenvalue weighted by molar-refractivity contribution is 6.18. The van der Waals surface area contributed by atoms with E-state index in [-0.39, 0.29) is 18.8 Å². The lowest BCUT2D eigenvalue weighted by Crippen LogP contribution is -2.26. The summed E-state index contributed by atoms with van der Waals surface area (Å²) in [5.74, 6) is 0.650. The third-order valence-electron chi connectivity index (χ3n) is 6.87. The zero-order chi connectivity index (χ0) is 29.8. The van der Waals surface area contributed by atoms with Gasteiger partial charge in [-0.3, -0.25) is 0 Å². The van der Waals surface area contributed by atoms with Crippen LogP contribution in [0.2, 0.25) is 0 Å². The lowest BCUT2D eigenvalue weighted by molar-refractivity contribution is 0.0617. The summed E-state index contributed by atoms with van der Waals surface area (Å²) in [5.41, 5.74) is 4.69. The molecular weight excluding hydrogens is 544 g/mol. The van der Waals surface area contributed by atoms with Gasteiger partial charge in [0.05, 0.1) is 19.8 Å². The van der Waals surface area contributed by atoms with E-state index in [4.69, 9.17) is 26.2 Å². The lowest BCUT2D eigenvalue weighted by atomic mass is 10.0. The van der Waals surface area contributed by atoms with Gasteiger partial charge >= 0.3 is 0 Å². The first kappa shape index (κ1) is 33.5. The number of aliphatic hydroxyl groups is 1. The molecule has 0 amide bonds. The Kier molecular flexibility index (Phi) is 15.9. The lowest BCUT2D eigenvalue weighted by Gasteiger charge is -2.21. The molecule has 0 heterocycles. The Bertz CT molecular complexity index is 1020. The molecule has 0 saturated carbocycles. The van der Waals surface area contributed by atoms with Crippen molar-refractivity contribution in [3.63, 3.8) is 0 Å². The Morgan fingerprint density at radius 2 is 0.833 bits per heavy atom. The van der Waals surface area contributed by atoms with Crippen molar-refractivity contribution in [3.8, 4) is 0 Å². The van der Waals surface area contributed by atoms with Crippen LogP contribution in [0.25, 0.3) is 0 Å². The maximum absolute atomic E-state index is 8.92. The topological polar surface area (TPSA) is 45.2 Å². The quantitative estimate of drug-likeness (QED) is 0.148. The molecule has 224 valence electrons. The molecule has 6 heteroatoms. The molecule has 0 atom stereocenters. The van der Waals surface area contributed by atoms with E-state index in [1.54, 1.807) is 0 Å². The number of ether oxygens (including phenoxy) is 2. The summed E-state index contributed by atoms with van der Waals surface area (Å²) in [6.45, 7) is 4.72. The minimum Gasteiger partial charge on any atom is -0.395 e. The minimum atomic E-state index is -0.0464. The molecule has 4 aromatic rings. The molecule has 1 N–H and O–H groups in total. The fraction of sp³-hybridized carbons (Fsp3) is 0.333. The molecule has 5 nitrogen and oxygen atoms in total. The highest BCUT2D eigenvalue weighted by Crippen LogP contribution is 2.26. The Labute approximate surface area is 257 Å². The number of alkyl halides is 1. The summed E-state index contributed by atoms with van der Waals surface area (Å²) in [4.78, 5) is 4.24. The second-order valence-corrected chi connectivity index (χ2v) is 10.5. The van der Waals surface area contributed by atoms with Crippen LogP contribution in [0.3, 0.4) is 0 Å². The van der Waals surface area contributed by atoms with Gasteiger partial charge in [0.2, 0.25) is 0 Å². The molecule has 0 unspecified atom stereocenters. The van der Waals surface area contributed by atoms with Crippen molar-refractivity contribution in [2.24, 2.45) is 0 Å². The molecular formula is C36H45ClN2O3. The van der Waals surface area contributed by atoms with Crippen molar-refractivity contribution in [2.75, 3.05) is 66.0 Å². The van der Waals surface area contributed by atoms with Gasteiger partial charge in [-0.1, -0.05) is 121 Å². The molecule has 4 aromatic carbocycles. The number of hydrogen-bond donors (Lipinski definition) is 1. The van der Waals surface area contributed by atoms with Crippen LogP contribution in [0.5, 0.6) is 0 Å². The first-order valence-corrected chi connectivity index (χ1v) is 15.1. The zero-order valence-corrected chi connectivity index (χ0v) is 25.7. The van der Waals surface area contributed by atoms with Crippen molar-refractivity contribution < 1.29 is 14.6 Å². The summed E-state index contributed by atoms with van der Waals surface area (Å²) >= 11 is 5.75. The van der Waals surface area contributed by atoms with Crippen molar-refractivity contribution in [3.05, 3.63) is 144 Å². The number of rotatable bonds is 16. The molecule has 0 spiro atoms. The van der Waals surface area contributed by atoms with Crippen LogP contribution in [0.1, 0.15) is 34.5 Å². The molecule has 42 heavy (non-hydrogen) atoms. The van der Waals surface area contributed by atoms with Crippen LogP contribution in [0.15, 0.2) is 121 Å². The third-order valence-corrected chi connectivity index (χ3v) is 7.04. The van der Waals surface area contributed by atoms with Gasteiger partial charge in [-0.05, 0) is 36.3 Å². The zero-order valence-electron chi connectivity index (χ0n) is 24.9. The average Bonchev–Trinajstić information content (AvgIpc) is 3.04. The predicted molar refractivity (Wildman–Crippen MR) is 174 cm³/mol. The minimum absolute atomic E-state index is 0.0169. The van der Waals surface area contributed by atoms with E-state index >= 15 is 0 Å². The van der Waals surface area contributed by atoms with E-state index in [0.717, 1.165) is 30.8 Å². The number of benzene rings is 4. The molecule has 0 aliphatic heterocycles. The normalized spacial score (nSPS) is 11.2. The van der Waals surface area contributed by atoms with Crippen LogP contribution >= 0.6 is 11.6 Å². The Morgan fingerprint density at radius 1 is 0.524 bits per heavy atom. The molecule has 0 saturated heterocycles. The fourth-order valence-electron chi connectivity index (χ4n) is 4.47. The van der Waals surface area contributed by atoms with Gasteiger partial charge in [0.15, 0.2) is 0 Å². The Hall–Kier alpha value is -3.03. The maximum Gasteiger partial charge on any atom is 0.108 e. The smallest absolute Gasteiger partial charge is 0.108 e. The van der Waals surface area contributed by atoms with E-state index in [0.29, 0.717) is 25.6 Å². The van der Waals surface area contributed by atoms with Gasteiger partial charge in [-0.2, -0.15) is 0 Å². The summed E-state index contributed by atoms with van der Waals surface area (Å²) < 4.78 is 12.3. The molecule has 0 radical (unpaired) electrons. The molecule has 0 aliphatic rings. The third kappa shape index (κ3) is 12.1. The standard InChI is InChI=1S/C18H22ClNO.C18H23NO2/c1-20(13-12-19)14-15-21-18(16-8-4-2-5-9-16)17-10-6-3-7-11-17;1-19(12-14-20)13-15-21-18(16-8-4-2-5-9-16)17-10-6-3-7-11-17/h2-11,18H,12-15H2,1H3;2-11,18,20H,12-15H2,1H3. The van der Waals surface area contributed by atoms with Crippen LogP contribution < -0.4 is 0 Å². The van der Waals surface area contributed by atoms with Crippen molar-refractivity contribution in [2.45, 2.75) is 12.2 Å². The van der Waals surface area contributed by atoms with Crippen LogP contribution in [0, 0.1) is 0 Å². The van der Waals surface area contributed by atoms with Gasteiger partial charge in [-0.25, -0.2) is 0 Å². The van der Waals surface area contributed by atoms with Crippen molar-refractivity contribution in [1.29, 1.82) is 0 Å². The largest absolute Gasteiger partial charge is 0.395 e. The molecule has 0 aliphatic carbocycles. The summed E-state index contributed by atoms with van der Waals surface area (Å²) in [6.07, 6.45) is -0.0632. The molecule has 4 rings (SSSR count). The number of nitrogens with zero attached hydrogens (tertiary/aromatic N) is 2. The number of halogens is 1. The maximum atomic E-state index is 8.92. The van der Waals surface area contributed by atoms with E-state index < -0.39 is 0 Å². The highest BCUT2D eigenvalue weighted by atomic mass is 35.5. The van der Waals surface area contributed by atoms with E-state index in [2.05, 4.69) is 65.4 Å². The number of aliphatic hydroxyl groups excluding tert-OH is 1. The Morgan fingerprint density at radius 3 is 1.12 bits per heavy atom. The second-order valence-electron chi connectivity index (χ2n) is 10.2. The molecule has 0 fully saturated rings. The average molecular weight is 589 g/mol. The molecule has 0 aromatic heterocycles. The van der Waals surface area contributed by atoms with E-state index in [1.807, 2.05) is 79.8 Å². The van der Waals surface area contributed by atoms with Crippen molar-refractivity contribution >= 4 is 11.6 Å². The van der Waals surface area contributed by atoms with Gasteiger partial charge < -0.3 is 24.4 Å². The van der Waals surface area contributed by atoms with Gasteiger partial charge in [0.1, 0.15) is 12.2 Å². The van der Waals surface area contributed by atoms with Gasteiger partial charge in [-0.15, -0.1) is 11.6 Å². The summed E-state index contributed by atoms with van der Waals surface area (Å²) in [5, 5.41) is 8.92. The van der Waals surface area contributed by atoms with E-state index in [9.17, 15) is 0 Å².